The van der Waals surface area contributed by atoms with Crippen molar-refractivity contribution in [3.63, 3.8) is 0 Å². The Morgan fingerprint density at radius 3 is 2.66 bits per heavy atom. The van der Waals surface area contributed by atoms with Crippen LogP contribution in [-0.2, 0) is 16.1 Å². The van der Waals surface area contributed by atoms with E-state index in [0.29, 0.717) is 12.2 Å². The molecule has 0 saturated carbocycles. The molecule has 2 aliphatic heterocycles. The number of allylic oxidation sites excluding steroid dienone is 4. The lowest BCUT2D eigenvalue weighted by Gasteiger charge is -2.36. The Kier molecular flexibility index (Phi) is 9.04. The number of carbonyl (C=O) groups excluding carboxylic acids is 3. The van der Waals surface area contributed by atoms with Crippen molar-refractivity contribution in [2.75, 3.05) is 6.54 Å². The summed E-state index contributed by atoms with van der Waals surface area (Å²) in [4.78, 5) is 49.8. The first-order valence-electron chi connectivity index (χ1n) is 13.2. The summed E-state index contributed by atoms with van der Waals surface area (Å²) in [5.74, 6) is -0.437. The maximum Gasteiger partial charge on any atom is 0.315 e. The normalized spacial score (nSPS) is 21.9. The zero-order chi connectivity index (χ0) is 27.1. The molecule has 1 fully saturated rings. The largest absolute Gasteiger partial charge is 0.345 e. The Morgan fingerprint density at radius 1 is 1.13 bits per heavy atom. The van der Waals surface area contributed by atoms with Crippen LogP contribution in [0.25, 0.3) is 0 Å². The highest BCUT2D eigenvalue weighted by Crippen LogP contribution is 2.22. The lowest BCUT2D eigenvalue weighted by Crippen LogP contribution is -2.55. The van der Waals surface area contributed by atoms with Gasteiger partial charge in [0, 0.05) is 19.1 Å². The van der Waals surface area contributed by atoms with Crippen molar-refractivity contribution in [3.05, 3.63) is 59.8 Å². The molecule has 38 heavy (non-hydrogen) atoms. The number of likely N-dealkylation sites (tertiary alicyclic amines) is 1. The molecule has 4 amide bonds. The van der Waals surface area contributed by atoms with Gasteiger partial charge in [0.2, 0.25) is 11.8 Å². The molecule has 3 N–H and O–H groups in total. The van der Waals surface area contributed by atoms with Crippen LogP contribution >= 0.6 is 0 Å². The number of nitrogens with one attached hydrogen (secondary N) is 3. The van der Waals surface area contributed by atoms with Crippen LogP contribution in [0.3, 0.4) is 0 Å². The summed E-state index contributed by atoms with van der Waals surface area (Å²) in [7, 11) is 0. The average molecular weight is 523 g/mol. The number of halogens is 1. The van der Waals surface area contributed by atoms with Crippen LogP contribution in [0.15, 0.2) is 64.2 Å². The third kappa shape index (κ3) is 6.73. The molecule has 1 unspecified atom stereocenters. The van der Waals surface area contributed by atoms with Gasteiger partial charge in [-0.1, -0.05) is 43.3 Å². The monoisotopic (exact) mass is 522 g/mol. The van der Waals surface area contributed by atoms with E-state index in [2.05, 4.69) is 25.9 Å². The molecule has 10 heteroatoms. The van der Waals surface area contributed by atoms with Gasteiger partial charge in [0.15, 0.2) is 12.0 Å². The fraction of sp³-hybridized carbons (Fsp3) is 0.464. The van der Waals surface area contributed by atoms with E-state index < -0.39 is 30.2 Å². The van der Waals surface area contributed by atoms with Crippen LogP contribution in [0, 0.1) is 0 Å². The fourth-order valence-corrected chi connectivity index (χ4v) is 4.86. The van der Waals surface area contributed by atoms with Gasteiger partial charge in [-0.05, 0) is 50.3 Å². The molecule has 1 aromatic carbocycles. The second-order valence-electron chi connectivity index (χ2n) is 9.75. The minimum atomic E-state index is -1.35. The van der Waals surface area contributed by atoms with E-state index in [4.69, 9.17) is 0 Å². The molecule has 1 saturated heterocycles. The molecule has 1 aliphatic carbocycles. The van der Waals surface area contributed by atoms with Crippen LogP contribution in [-0.4, -0.2) is 65.1 Å². The Labute approximate surface area is 222 Å². The molecule has 1 aromatic rings. The van der Waals surface area contributed by atoms with E-state index in [1.54, 1.807) is 19.1 Å². The van der Waals surface area contributed by atoms with E-state index in [1.807, 2.05) is 42.2 Å². The first-order chi connectivity index (χ1) is 18.4. The number of rotatable bonds is 9. The minimum Gasteiger partial charge on any atom is -0.345 e. The zero-order valence-corrected chi connectivity index (χ0v) is 21.8. The summed E-state index contributed by atoms with van der Waals surface area (Å²) < 4.78 is 14.2. The highest BCUT2D eigenvalue weighted by atomic mass is 19.1. The molecule has 202 valence electrons. The molecule has 0 bridgehead atoms. The summed E-state index contributed by atoms with van der Waals surface area (Å²) in [6, 6.07) is 7.21. The van der Waals surface area contributed by atoms with E-state index in [0.717, 1.165) is 31.2 Å². The summed E-state index contributed by atoms with van der Waals surface area (Å²) >= 11 is 0. The van der Waals surface area contributed by atoms with Crippen molar-refractivity contribution in [1.82, 2.24) is 20.9 Å². The lowest BCUT2D eigenvalue weighted by molar-refractivity contribution is -0.137. The Bertz CT molecular complexity index is 1160. The van der Waals surface area contributed by atoms with Crippen molar-refractivity contribution < 1.29 is 18.8 Å². The third-order valence-electron chi connectivity index (χ3n) is 6.99. The standard InChI is InChI=1S/C28H35FN6O3/c1-3-20-12-7-8-15-35(20)24(36)16-23(33-28(38)30-17-19-10-5-4-6-11-19)27(37)31-18(2)26-32-22-14-9-13-21(29)25(22)34-26/h4-6,9-11,13-14,18,20-21,23H,3,7-8,12,15-17H2,1-2H3,(H,31,37)(H2,30,33,38)/t18-,20-,21?,23-/m0/s1. The van der Waals surface area contributed by atoms with Gasteiger partial charge in [-0.15, -0.1) is 0 Å². The van der Waals surface area contributed by atoms with E-state index in [1.165, 1.54) is 6.08 Å². The molecular formula is C28H35FN6O3. The van der Waals surface area contributed by atoms with Gasteiger partial charge < -0.3 is 20.9 Å². The van der Waals surface area contributed by atoms with Crippen molar-refractivity contribution >= 4 is 29.4 Å². The lowest BCUT2D eigenvalue weighted by atomic mass is 9.99. The molecule has 0 spiro atoms. The SMILES string of the molecule is CC[C@H]1CCCCN1C(=O)C[C@H](NC(=O)NCc1ccccc1)C(=O)N[C@@H](C)C1=NC2=CC=CC(F)C2=N1. The van der Waals surface area contributed by atoms with Crippen LogP contribution < -0.4 is 16.0 Å². The number of amides is 4. The Morgan fingerprint density at radius 2 is 1.92 bits per heavy atom. The molecule has 0 aromatic heterocycles. The van der Waals surface area contributed by atoms with E-state index in [-0.39, 0.29) is 36.5 Å². The highest BCUT2D eigenvalue weighted by Gasteiger charge is 2.33. The number of urea groups is 1. The van der Waals surface area contributed by atoms with Crippen molar-refractivity contribution in [2.24, 2.45) is 9.98 Å². The summed E-state index contributed by atoms with van der Waals surface area (Å²) in [5.41, 5.74) is 1.55. The number of hydrogen-bond acceptors (Lipinski definition) is 5. The van der Waals surface area contributed by atoms with Gasteiger partial charge in [0.1, 0.15) is 11.8 Å². The summed E-state index contributed by atoms with van der Waals surface area (Å²) in [6.07, 6.45) is 6.87. The first-order valence-corrected chi connectivity index (χ1v) is 13.2. The zero-order valence-electron chi connectivity index (χ0n) is 21.8. The van der Waals surface area contributed by atoms with E-state index >= 15 is 0 Å². The molecule has 2 heterocycles. The quantitative estimate of drug-likeness (QED) is 0.463. The fourth-order valence-electron chi connectivity index (χ4n) is 4.86. The smallest absolute Gasteiger partial charge is 0.315 e. The van der Waals surface area contributed by atoms with Gasteiger partial charge in [0.25, 0.3) is 0 Å². The van der Waals surface area contributed by atoms with Crippen LogP contribution in [0.5, 0.6) is 0 Å². The molecular weight excluding hydrogens is 487 g/mol. The van der Waals surface area contributed by atoms with Gasteiger partial charge >= 0.3 is 6.03 Å². The predicted octanol–water partition coefficient (Wildman–Crippen LogP) is 3.19. The van der Waals surface area contributed by atoms with Crippen molar-refractivity contribution in [3.8, 4) is 0 Å². The highest BCUT2D eigenvalue weighted by molar-refractivity contribution is 6.17. The molecule has 4 rings (SSSR count). The van der Waals surface area contributed by atoms with Crippen molar-refractivity contribution in [2.45, 2.75) is 76.8 Å². The molecule has 3 aliphatic rings. The second kappa shape index (κ2) is 12.6. The number of amidine groups is 1. The number of nitrogens with zero attached hydrogens (tertiary/aromatic N) is 3. The van der Waals surface area contributed by atoms with Crippen LogP contribution in [0.1, 0.15) is 51.5 Å². The number of carbonyl (C=O) groups is 3. The number of piperidine rings is 1. The maximum absolute atomic E-state index is 14.2. The number of benzene rings is 1. The molecule has 4 atom stereocenters. The molecule has 9 nitrogen and oxygen atoms in total. The van der Waals surface area contributed by atoms with E-state index in [9.17, 15) is 18.8 Å². The predicted molar refractivity (Wildman–Crippen MR) is 144 cm³/mol. The first kappa shape index (κ1) is 27.2. The molecule has 0 radical (unpaired) electrons. The number of fused-ring (bicyclic) bond motifs is 1. The minimum absolute atomic E-state index is 0.133. The Balaban J connectivity index is 1.43. The maximum atomic E-state index is 14.2. The van der Waals surface area contributed by atoms with Crippen LogP contribution in [0.4, 0.5) is 9.18 Å². The third-order valence-corrected chi connectivity index (χ3v) is 6.99. The van der Waals surface area contributed by atoms with Crippen molar-refractivity contribution in [1.29, 1.82) is 0 Å². The number of hydrogen-bond donors (Lipinski definition) is 3. The summed E-state index contributed by atoms with van der Waals surface area (Å²) in [5, 5.41) is 8.22. The van der Waals surface area contributed by atoms with Gasteiger partial charge in [-0.25, -0.2) is 19.2 Å². The Hall–Kier alpha value is -3.82. The number of alkyl halides is 1. The average Bonchev–Trinajstić information content (AvgIpc) is 3.38. The van der Waals surface area contributed by atoms with Crippen LogP contribution in [0.2, 0.25) is 0 Å². The topological polar surface area (TPSA) is 115 Å². The summed E-state index contributed by atoms with van der Waals surface area (Å²) in [6.45, 7) is 4.65. The second-order valence-corrected chi connectivity index (χ2v) is 9.75. The number of aliphatic imine (C=N–C) groups is 2. The van der Waals surface area contributed by atoms with Gasteiger partial charge in [-0.3, -0.25) is 9.59 Å². The van der Waals surface area contributed by atoms with Gasteiger partial charge in [-0.2, -0.15) is 0 Å². The van der Waals surface area contributed by atoms with Gasteiger partial charge in [0.05, 0.1) is 18.2 Å².